The van der Waals surface area contributed by atoms with Gasteiger partial charge in [-0.2, -0.15) is 5.10 Å². The van der Waals surface area contributed by atoms with Crippen molar-refractivity contribution in [2.75, 3.05) is 19.5 Å². The Kier molecular flexibility index (Phi) is 4.18. The molecule has 0 fully saturated rings. The quantitative estimate of drug-likeness (QED) is 0.893. The van der Waals surface area contributed by atoms with Crippen LogP contribution in [0.15, 0.2) is 30.3 Å². The summed E-state index contributed by atoms with van der Waals surface area (Å²) in [6.45, 7) is 2.52. The molecule has 0 saturated carbocycles. The summed E-state index contributed by atoms with van der Waals surface area (Å²) in [5.41, 5.74) is 1.93. The molecule has 0 amide bonds. The van der Waals surface area contributed by atoms with Gasteiger partial charge < -0.3 is 14.8 Å². The van der Waals surface area contributed by atoms with E-state index >= 15 is 0 Å². The first kappa shape index (κ1) is 13.1. The van der Waals surface area contributed by atoms with Gasteiger partial charge in [0.25, 0.3) is 0 Å². The Bertz CT molecular complexity index is 541. The van der Waals surface area contributed by atoms with Crippen LogP contribution in [0.1, 0.15) is 11.3 Å². The van der Waals surface area contributed by atoms with Crippen LogP contribution in [0.5, 0.6) is 11.5 Å². The van der Waals surface area contributed by atoms with Gasteiger partial charge in [-0.05, 0) is 31.2 Å². The monoisotopic (exact) mass is 259 g/mol. The third-order valence-electron chi connectivity index (χ3n) is 2.75. The van der Waals surface area contributed by atoms with Gasteiger partial charge in [0.15, 0.2) is 0 Å². The van der Waals surface area contributed by atoms with Gasteiger partial charge in [0.1, 0.15) is 17.3 Å². The lowest BCUT2D eigenvalue weighted by molar-refractivity contribution is 0.391. The Labute approximate surface area is 112 Å². The number of aromatic nitrogens is 2. The second-order valence-corrected chi connectivity index (χ2v) is 4.09. The Hall–Kier alpha value is -2.30. The molecule has 0 spiro atoms. The van der Waals surface area contributed by atoms with Crippen LogP contribution in [0.4, 0.5) is 5.82 Å². The molecule has 0 radical (unpaired) electrons. The third-order valence-corrected chi connectivity index (χ3v) is 2.75. The predicted molar refractivity (Wildman–Crippen MR) is 73.6 cm³/mol. The van der Waals surface area contributed by atoms with Crippen LogP contribution in [-0.2, 0) is 6.54 Å². The van der Waals surface area contributed by atoms with Crippen molar-refractivity contribution in [1.82, 2.24) is 10.2 Å². The Morgan fingerprint density at radius 2 is 1.89 bits per heavy atom. The Balaban J connectivity index is 2.08. The molecule has 0 aliphatic heterocycles. The van der Waals surface area contributed by atoms with E-state index in [0.29, 0.717) is 6.54 Å². The fraction of sp³-hybridized carbons (Fsp3) is 0.286. The van der Waals surface area contributed by atoms with Crippen LogP contribution in [0.3, 0.4) is 0 Å². The minimum absolute atomic E-state index is 0.616. The summed E-state index contributed by atoms with van der Waals surface area (Å²) < 4.78 is 10.5. The van der Waals surface area contributed by atoms with Crippen molar-refractivity contribution in [2.45, 2.75) is 13.5 Å². The fourth-order valence-electron chi connectivity index (χ4n) is 1.68. The van der Waals surface area contributed by atoms with E-state index in [1.54, 1.807) is 14.2 Å². The van der Waals surface area contributed by atoms with Gasteiger partial charge in [0.05, 0.1) is 19.9 Å². The molecule has 1 aromatic heterocycles. The molecule has 0 aliphatic carbocycles. The number of benzene rings is 1. The number of aryl methyl sites for hydroxylation is 1. The summed E-state index contributed by atoms with van der Waals surface area (Å²) in [5, 5.41) is 11.3. The van der Waals surface area contributed by atoms with E-state index in [0.717, 1.165) is 28.6 Å². The van der Waals surface area contributed by atoms with E-state index in [4.69, 9.17) is 9.47 Å². The average Bonchev–Trinajstić information content (AvgIpc) is 2.46. The highest BCUT2D eigenvalue weighted by Crippen LogP contribution is 2.25. The minimum Gasteiger partial charge on any atom is -0.497 e. The van der Waals surface area contributed by atoms with Crippen LogP contribution in [-0.4, -0.2) is 24.4 Å². The van der Waals surface area contributed by atoms with Gasteiger partial charge in [-0.1, -0.05) is 0 Å². The summed E-state index contributed by atoms with van der Waals surface area (Å²) in [6, 6.07) is 9.55. The number of hydrogen-bond donors (Lipinski definition) is 1. The number of rotatable bonds is 5. The normalized spacial score (nSPS) is 10.1. The third kappa shape index (κ3) is 3.34. The minimum atomic E-state index is 0.616. The highest BCUT2D eigenvalue weighted by Gasteiger charge is 2.05. The number of hydrogen-bond acceptors (Lipinski definition) is 5. The molecule has 0 saturated heterocycles. The van der Waals surface area contributed by atoms with Crippen LogP contribution in [0.25, 0.3) is 0 Å². The van der Waals surface area contributed by atoms with Crippen LogP contribution in [0, 0.1) is 6.92 Å². The van der Waals surface area contributed by atoms with Crippen LogP contribution < -0.4 is 14.8 Å². The molecule has 0 bridgehead atoms. The first-order valence-corrected chi connectivity index (χ1v) is 5.98. The maximum atomic E-state index is 5.34. The number of nitrogens with zero attached hydrogens (tertiary/aromatic N) is 2. The van der Waals surface area contributed by atoms with E-state index in [1.807, 2.05) is 37.3 Å². The predicted octanol–water partition coefficient (Wildman–Crippen LogP) is 2.41. The zero-order valence-corrected chi connectivity index (χ0v) is 11.3. The highest BCUT2D eigenvalue weighted by molar-refractivity contribution is 5.43. The first-order chi connectivity index (χ1) is 9.22. The largest absolute Gasteiger partial charge is 0.497 e. The summed E-state index contributed by atoms with van der Waals surface area (Å²) >= 11 is 0. The molecular weight excluding hydrogens is 242 g/mol. The molecule has 1 N–H and O–H groups in total. The van der Waals surface area contributed by atoms with Crippen molar-refractivity contribution in [1.29, 1.82) is 0 Å². The molecular formula is C14H17N3O2. The van der Waals surface area contributed by atoms with E-state index in [1.165, 1.54) is 0 Å². The van der Waals surface area contributed by atoms with Crippen molar-refractivity contribution >= 4 is 5.82 Å². The van der Waals surface area contributed by atoms with Crippen LogP contribution >= 0.6 is 0 Å². The molecule has 19 heavy (non-hydrogen) atoms. The topological polar surface area (TPSA) is 56.3 Å². The lowest BCUT2D eigenvalue weighted by atomic mass is 10.2. The van der Waals surface area contributed by atoms with Gasteiger partial charge in [0.2, 0.25) is 0 Å². The summed E-state index contributed by atoms with van der Waals surface area (Å²) in [4.78, 5) is 0. The SMILES string of the molecule is COc1ccc(CNc2ccc(C)nn2)c(OC)c1. The van der Waals surface area contributed by atoms with Crippen molar-refractivity contribution in [2.24, 2.45) is 0 Å². The number of anilines is 1. The summed E-state index contributed by atoms with van der Waals surface area (Å²) in [5.74, 6) is 2.30. The zero-order valence-electron chi connectivity index (χ0n) is 11.3. The van der Waals surface area contributed by atoms with Gasteiger partial charge in [0, 0.05) is 18.2 Å². The van der Waals surface area contributed by atoms with Gasteiger partial charge in [-0.15, -0.1) is 5.10 Å². The smallest absolute Gasteiger partial charge is 0.148 e. The molecule has 0 aliphatic rings. The average molecular weight is 259 g/mol. The molecule has 1 aromatic carbocycles. The molecule has 2 rings (SSSR count). The van der Waals surface area contributed by atoms with Gasteiger partial charge in [-0.25, -0.2) is 0 Å². The molecule has 5 heteroatoms. The molecule has 1 heterocycles. The lowest BCUT2D eigenvalue weighted by Crippen LogP contribution is -2.04. The summed E-state index contributed by atoms with van der Waals surface area (Å²) in [7, 11) is 3.28. The lowest BCUT2D eigenvalue weighted by Gasteiger charge is -2.11. The maximum absolute atomic E-state index is 5.34. The number of ether oxygens (including phenoxy) is 2. The number of methoxy groups -OCH3 is 2. The second-order valence-electron chi connectivity index (χ2n) is 4.09. The molecule has 0 unspecified atom stereocenters. The van der Waals surface area contributed by atoms with Gasteiger partial charge >= 0.3 is 0 Å². The zero-order chi connectivity index (χ0) is 13.7. The molecule has 5 nitrogen and oxygen atoms in total. The van der Waals surface area contributed by atoms with E-state index in [-0.39, 0.29) is 0 Å². The fourth-order valence-corrected chi connectivity index (χ4v) is 1.68. The van der Waals surface area contributed by atoms with Crippen LogP contribution in [0.2, 0.25) is 0 Å². The molecule has 2 aromatic rings. The van der Waals surface area contributed by atoms with Crippen molar-refractivity contribution < 1.29 is 9.47 Å². The van der Waals surface area contributed by atoms with Crippen molar-refractivity contribution in [3.63, 3.8) is 0 Å². The van der Waals surface area contributed by atoms with Crippen molar-refractivity contribution in [3.05, 3.63) is 41.6 Å². The van der Waals surface area contributed by atoms with E-state index in [2.05, 4.69) is 15.5 Å². The molecule has 0 atom stereocenters. The van der Waals surface area contributed by atoms with Gasteiger partial charge in [-0.3, -0.25) is 0 Å². The first-order valence-electron chi connectivity index (χ1n) is 5.98. The Morgan fingerprint density at radius 1 is 1.05 bits per heavy atom. The van der Waals surface area contributed by atoms with Crippen molar-refractivity contribution in [3.8, 4) is 11.5 Å². The highest BCUT2D eigenvalue weighted by atomic mass is 16.5. The maximum Gasteiger partial charge on any atom is 0.148 e. The second kappa shape index (κ2) is 6.04. The van der Waals surface area contributed by atoms with E-state index in [9.17, 15) is 0 Å². The Morgan fingerprint density at radius 3 is 2.53 bits per heavy atom. The standard InChI is InChI=1S/C14H17N3O2/c1-10-4-7-14(17-16-10)15-9-11-5-6-12(18-2)8-13(11)19-3/h4-8H,9H2,1-3H3,(H,15,17). The number of nitrogens with one attached hydrogen (secondary N) is 1. The molecule has 100 valence electrons. The van der Waals surface area contributed by atoms with E-state index < -0.39 is 0 Å². The summed E-state index contributed by atoms with van der Waals surface area (Å²) in [6.07, 6.45) is 0.